The van der Waals surface area contributed by atoms with E-state index >= 15 is 0 Å². The fourth-order valence-corrected chi connectivity index (χ4v) is 6.11. The minimum atomic E-state index is -3.80. The molecule has 0 aromatic heterocycles. The average molecular weight is 606 g/mol. The summed E-state index contributed by atoms with van der Waals surface area (Å²) in [6, 6.07) is 11.4. The number of sulfonamides is 1. The van der Waals surface area contributed by atoms with E-state index in [4.69, 9.17) is 14.2 Å². The Morgan fingerprint density at radius 3 is 2.40 bits per heavy atom. The summed E-state index contributed by atoms with van der Waals surface area (Å²) >= 11 is 0. The first-order valence-electron chi connectivity index (χ1n) is 14.5. The summed E-state index contributed by atoms with van der Waals surface area (Å²) < 4.78 is 45.9. The van der Waals surface area contributed by atoms with Gasteiger partial charge in [0.2, 0.25) is 10.0 Å². The molecule has 0 spiro atoms. The van der Waals surface area contributed by atoms with Crippen molar-refractivity contribution in [1.29, 1.82) is 0 Å². The van der Waals surface area contributed by atoms with Crippen molar-refractivity contribution in [2.45, 2.75) is 63.2 Å². The number of nitrogens with zero attached hydrogens (tertiary/aromatic N) is 3. The fraction of sp³-hybridized carbons (Fsp3) is 0.581. The van der Waals surface area contributed by atoms with E-state index in [1.54, 1.807) is 24.0 Å². The van der Waals surface area contributed by atoms with Gasteiger partial charge in [0.1, 0.15) is 11.5 Å². The topological polar surface area (TPSA) is 109 Å². The van der Waals surface area contributed by atoms with Crippen LogP contribution < -0.4 is 14.4 Å². The molecule has 234 valence electrons. The van der Waals surface area contributed by atoms with Crippen molar-refractivity contribution in [1.82, 2.24) is 9.21 Å². The number of hydrogen-bond donors (Lipinski definition) is 1. The Balaban J connectivity index is 1.95. The van der Waals surface area contributed by atoms with Crippen molar-refractivity contribution in [3.8, 4) is 11.5 Å². The zero-order chi connectivity index (χ0) is 31.0. The van der Waals surface area contributed by atoms with E-state index in [9.17, 15) is 18.3 Å². The summed E-state index contributed by atoms with van der Waals surface area (Å²) in [6.07, 6.45) is 1.80. The second-order valence-electron chi connectivity index (χ2n) is 11.3. The molecule has 1 aliphatic heterocycles. The highest BCUT2D eigenvalue weighted by Crippen LogP contribution is 2.29. The summed E-state index contributed by atoms with van der Waals surface area (Å²) in [6.45, 7) is 6.31. The second kappa shape index (κ2) is 15.0. The number of aliphatic hydroxyl groups is 1. The van der Waals surface area contributed by atoms with Crippen LogP contribution in [0.5, 0.6) is 11.5 Å². The third kappa shape index (κ3) is 8.37. The maximum absolute atomic E-state index is 14.1. The van der Waals surface area contributed by atoms with Gasteiger partial charge in [-0.3, -0.25) is 4.79 Å². The number of carbonyl (C=O) groups excluding carboxylic acids is 1. The van der Waals surface area contributed by atoms with E-state index in [0.29, 0.717) is 23.7 Å². The molecule has 1 aliphatic rings. The van der Waals surface area contributed by atoms with Gasteiger partial charge in [-0.2, -0.15) is 4.31 Å². The molecule has 0 saturated carbocycles. The summed E-state index contributed by atoms with van der Waals surface area (Å²) in [7, 11) is 3.09. The number of methoxy groups -OCH3 is 1. The Bertz CT molecular complexity index is 1270. The lowest BCUT2D eigenvalue weighted by Gasteiger charge is -2.35. The van der Waals surface area contributed by atoms with Gasteiger partial charge < -0.3 is 29.1 Å². The van der Waals surface area contributed by atoms with Crippen LogP contribution in [0.3, 0.4) is 0 Å². The number of aliphatic hydroxyl groups excluding tert-OH is 1. The molecule has 2 aromatic carbocycles. The van der Waals surface area contributed by atoms with E-state index in [-0.39, 0.29) is 42.5 Å². The number of carbonyl (C=O) groups is 1. The SMILES string of the molecule is COc1ccc(S(=O)(=O)N(C)C[C@H]2OCCCC[C@H](C)Oc3ccc(N(C)C)cc3C(=O)N([C@H](C)CO)C[C@H]2C)cc1. The lowest BCUT2D eigenvalue weighted by atomic mass is 10.0. The van der Waals surface area contributed by atoms with Crippen molar-refractivity contribution in [3.63, 3.8) is 0 Å². The third-order valence-corrected chi connectivity index (χ3v) is 9.59. The van der Waals surface area contributed by atoms with Crippen molar-refractivity contribution < 1.29 is 32.5 Å². The molecule has 3 rings (SSSR count). The molecule has 2 aromatic rings. The molecule has 4 atom stereocenters. The number of ether oxygens (including phenoxy) is 3. The minimum Gasteiger partial charge on any atom is -0.497 e. The van der Waals surface area contributed by atoms with Crippen molar-refractivity contribution in [2.24, 2.45) is 5.92 Å². The Morgan fingerprint density at radius 2 is 1.79 bits per heavy atom. The van der Waals surface area contributed by atoms with Gasteiger partial charge in [0, 0.05) is 52.4 Å². The van der Waals surface area contributed by atoms with Crippen LogP contribution in [0.15, 0.2) is 47.4 Å². The van der Waals surface area contributed by atoms with Gasteiger partial charge in [0.05, 0.1) is 42.4 Å². The summed E-state index contributed by atoms with van der Waals surface area (Å²) in [5, 5.41) is 10.1. The monoisotopic (exact) mass is 605 g/mol. The predicted molar refractivity (Wildman–Crippen MR) is 164 cm³/mol. The number of rotatable bonds is 8. The normalized spacial score (nSPS) is 21.7. The first-order chi connectivity index (χ1) is 19.9. The van der Waals surface area contributed by atoms with Crippen LogP contribution in [-0.2, 0) is 14.8 Å². The molecule has 1 N–H and O–H groups in total. The van der Waals surface area contributed by atoms with E-state index in [1.165, 1.54) is 30.6 Å². The van der Waals surface area contributed by atoms with E-state index in [2.05, 4.69) is 0 Å². The lowest BCUT2D eigenvalue weighted by molar-refractivity contribution is -0.00833. The highest BCUT2D eigenvalue weighted by molar-refractivity contribution is 7.89. The average Bonchev–Trinajstić information content (AvgIpc) is 2.97. The van der Waals surface area contributed by atoms with Gasteiger partial charge in [0.25, 0.3) is 5.91 Å². The molecule has 10 nitrogen and oxygen atoms in total. The second-order valence-corrected chi connectivity index (χ2v) is 13.4. The molecule has 0 saturated heterocycles. The molecule has 0 fully saturated rings. The van der Waals surface area contributed by atoms with Gasteiger partial charge in [-0.15, -0.1) is 0 Å². The number of amides is 1. The van der Waals surface area contributed by atoms with Gasteiger partial charge in [-0.1, -0.05) is 6.92 Å². The summed E-state index contributed by atoms with van der Waals surface area (Å²) in [5.41, 5.74) is 1.28. The molecule has 0 bridgehead atoms. The minimum absolute atomic E-state index is 0.103. The molecular weight excluding hydrogens is 558 g/mol. The number of hydrogen-bond acceptors (Lipinski definition) is 8. The van der Waals surface area contributed by atoms with Gasteiger partial charge >= 0.3 is 0 Å². The predicted octanol–water partition coefficient (Wildman–Crippen LogP) is 3.88. The molecule has 42 heavy (non-hydrogen) atoms. The van der Waals surface area contributed by atoms with Crippen LogP contribution in [0.25, 0.3) is 0 Å². The first kappa shape index (κ1) is 33.6. The van der Waals surface area contributed by atoms with Crippen LogP contribution >= 0.6 is 0 Å². The number of benzene rings is 2. The Kier molecular flexibility index (Phi) is 12.0. The maximum atomic E-state index is 14.1. The maximum Gasteiger partial charge on any atom is 0.258 e. The smallest absolute Gasteiger partial charge is 0.258 e. The lowest BCUT2D eigenvalue weighted by Crippen LogP contribution is -2.48. The highest BCUT2D eigenvalue weighted by atomic mass is 32.2. The molecular formula is C31H47N3O7S. The zero-order valence-electron chi connectivity index (χ0n) is 25.9. The highest BCUT2D eigenvalue weighted by Gasteiger charge is 2.32. The standard InChI is InChI=1S/C31H47N3O7S/c1-22-19-34(23(2)21-35)31(36)28-18-25(32(4)5)11-16-29(28)41-24(3)10-8-9-17-40-30(22)20-33(6)42(37,38)27-14-12-26(39-7)13-15-27/h11-16,18,22-24,30,35H,8-10,17,19-21H2,1-7H3/t22-,23-,24+,30-/m1/s1. The van der Waals surface area contributed by atoms with Crippen LogP contribution in [0, 0.1) is 5.92 Å². The quantitative estimate of drug-likeness (QED) is 0.483. The number of likely N-dealkylation sites (N-methyl/N-ethyl adjacent to an activating group) is 1. The van der Waals surface area contributed by atoms with Crippen LogP contribution in [-0.4, -0.2) is 101 Å². The van der Waals surface area contributed by atoms with Gasteiger partial charge in [0.15, 0.2) is 0 Å². The largest absolute Gasteiger partial charge is 0.497 e. The van der Waals surface area contributed by atoms with Gasteiger partial charge in [-0.05, 0) is 75.6 Å². The molecule has 1 amide bonds. The molecule has 0 radical (unpaired) electrons. The van der Waals surface area contributed by atoms with E-state index in [1.807, 2.05) is 51.0 Å². The number of anilines is 1. The summed E-state index contributed by atoms with van der Waals surface area (Å²) in [4.78, 5) is 17.8. The molecule has 0 unspecified atom stereocenters. The Morgan fingerprint density at radius 1 is 1.10 bits per heavy atom. The van der Waals surface area contributed by atoms with E-state index in [0.717, 1.165) is 24.9 Å². The van der Waals surface area contributed by atoms with Gasteiger partial charge in [-0.25, -0.2) is 8.42 Å². The Labute approximate surface area is 251 Å². The number of fused-ring (bicyclic) bond motifs is 1. The third-order valence-electron chi connectivity index (χ3n) is 7.76. The van der Waals surface area contributed by atoms with Crippen LogP contribution in [0.1, 0.15) is 50.4 Å². The fourth-order valence-electron chi connectivity index (χ4n) is 4.93. The summed E-state index contributed by atoms with van der Waals surface area (Å²) in [5.74, 6) is 0.571. The van der Waals surface area contributed by atoms with Crippen LogP contribution in [0.4, 0.5) is 5.69 Å². The van der Waals surface area contributed by atoms with Crippen molar-refractivity contribution in [3.05, 3.63) is 48.0 Å². The Hall–Kier alpha value is -2.86. The first-order valence-corrected chi connectivity index (χ1v) is 15.9. The van der Waals surface area contributed by atoms with E-state index < -0.39 is 22.2 Å². The molecule has 0 aliphatic carbocycles. The van der Waals surface area contributed by atoms with Crippen LogP contribution in [0.2, 0.25) is 0 Å². The molecule has 1 heterocycles. The van der Waals surface area contributed by atoms with Crippen molar-refractivity contribution in [2.75, 3.05) is 59.5 Å². The zero-order valence-corrected chi connectivity index (χ0v) is 26.8. The molecule has 11 heteroatoms. The van der Waals surface area contributed by atoms with Crippen molar-refractivity contribution >= 4 is 21.6 Å².